The van der Waals surface area contributed by atoms with Crippen LogP contribution in [0.5, 0.6) is 5.75 Å². The van der Waals surface area contributed by atoms with Crippen molar-refractivity contribution < 1.29 is 23.8 Å². The molecule has 1 heterocycles. The van der Waals surface area contributed by atoms with E-state index in [1.54, 1.807) is 31.2 Å². The summed E-state index contributed by atoms with van der Waals surface area (Å²) in [7, 11) is 1.52. The van der Waals surface area contributed by atoms with Crippen molar-refractivity contribution in [3.05, 3.63) is 36.1 Å². The number of carbonyl (C=O) groups is 2. The lowest BCUT2D eigenvalue weighted by atomic mass is 10.1. The standard InChI is InChI=1S/C15H15NO5/c1-3-14(17)16-11-8-9(20-2)4-5-10(11)12-6-7-13(21-12)15(18)19/h4-8H,3H2,1-2H3,(H,16,17)(H,18,19). The van der Waals surface area contributed by atoms with E-state index in [1.165, 1.54) is 13.2 Å². The molecule has 21 heavy (non-hydrogen) atoms. The van der Waals surface area contributed by atoms with Gasteiger partial charge in [0.05, 0.1) is 12.8 Å². The Hall–Kier alpha value is -2.76. The van der Waals surface area contributed by atoms with Crippen LogP contribution in [-0.2, 0) is 4.79 Å². The van der Waals surface area contributed by atoms with Gasteiger partial charge in [-0.2, -0.15) is 0 Å². The Labute approximate surface area is 121 Å². The Bertz CT molecular complexity index is 674. The highest BCUT2D eigenvalue weighted by atomic mass is 16.5. The summed E-state index contributed by atoms with van der Waals surface area (Å²) in [6.45, 7) is 1.74. The van der Waals surface area contributed by atoms with Gasteiger partial charge in [0, 0.05) is 18.1 Å². The molecule has 0 spiro atoms. The SMILES string of the molecule is CCC(=O)Nc1cc(OC)ccc1-c1ccc(C(=O)O)o1. The van der Waals surface area contributed by atoms with Crippen LogP contribution in [0.4, 0.5) is 5.69 Å². The average Bonchev–Trinajstić information content (AvgIpc) is 2.96. The van der Waals surface area contributed by atoms with Crippen molar-refractivity contribution in [3.63, 3.8) is 0 Å². The van der Waals surface area contributed by atoms with Crippen molar-refractivity contribution in [1.82, 2.24) is 0 Å². The summed E-state index contributed by atoms with van der Waals surface area (Å²) in [5.41, 5.74) is 1.09. The number of carbonyl (C=O) groups excluding carboxylic acids is 1. The monoisotopic (exact) mass is 289 g/mol. The molecule has 2 aromatic rings. The summed E-state index contributed by atoms with van der Waals surface area (Å²) in [5, 5.41) is 11.6. The smallest absolute Gasteiger partial charge is 0.371 e. The molecule has 2 rings (SSSR count). The van der Waals surface area contributed by atoms with E-state index in [0.29, 0.717) is 29.2 Å². The molecule has 0 fully saturated rings. The molecule has 0 unspecified atom stereocenters. The van der Waals surface area contributed by atoms with E-state index in [9.17, 15) is 9.59 Å². The molecule has 0 bridgehead atoms. The minimum atomic E-state index is -1.14. The number of anilines is 1. The second kappa shape index (κ2) is 6.13. The zero-order chi connectivity index (χ0) is 15.4. The second-order valence-electron chi connectivity index (χ2n) is 4.28. The van der Waals surface area contributed by atoms with Crippen LogP contribution in [0.1, 0.15) is 23.9 Å². The van der Waals surface area contributed by atoms with Gasteiger partial charge in [0.1, 0.15) is 11.5 Å². The van der Waals surface area contributed by atoms with E-state index < -0.39 is 5.97 Å². The number of carboxylic acid groups (broad SMARTS) is 1. The highest BCUT2D eigenvalue weighted by Gasteiger charge is 2.15. The summed E-state index contributed by atoms with van der Waals surface area (Å²) < 4.78 is 10.4. The molecule has 1 amide bonds. The number of ether oxygens (including phenoxy) is 1. The molecule has 110 valence electrons. The molecule has 0 radical (unpaired) electrons. The molecule has 0 saturated heterocycles. The van der Waals surface area contributed by atoms with Crippen LogP contribution in [-0.4, -0.2) is 24.1 Å². The first-order chi connectivity index (χ1) is 10.0. The van der Waals surface area contributed by atoms with Crippen LogP contribution in [0.3, 0.4) is 0 Å². The Morgan fingerprint density at radius 1 is 1.29 bits per heavy atom. The lowest BCUT2D eigenvalue weighted by Crippen LogP contribution is -2.10. The van der Waals surface area contributed by atoms with Crippen molar-refractivity contribution in [2.75, 3.05) is 12.4 Å². The predicted octanol–water partition coefficient (Wildman–Crippen LogP) is 3.00. The summed E-state index contributed by atoms with van der Waals surface area (Å²) >= 11 is 0. The zero-order valence-electron chi connectivity index (χ0n) is 11.7. The first-order valence-corrected chi connectivity index (χ1v) is 6.36. The summed E-state index contributed by atoms with van der Waals surface area (Å²) in [6.07, 6.45) is 0.329. The largest absolute Gasteiger partial charge is 0.497 e. The van der Waals surface area contributed by atoms with Crippen LogP contribution in [0.25, 0.3) is 11.3 Å². The van der Waals surface area contributed by atoms with Gasteiger partial charge in [-0.25, -0.2) is 4.79 Å². The number of carboxylic acids is 1. The van der Waals surface area contributed by atoms with Crippen molar-refractivity contribution in [3.8, 4) is 17.1 Å². The first kappa shape index (κ1) is 14.6. The highest BCUT2D eigenvalue weighted by Crippen LogP contribution is 2.32. The average molecular weight is 289 g/mol. The molecule has 0 aliphatic carbocycles. The third-order valence-corrected chi connectivity index (χ3v) is 2.90. The minimum absolute atomic E-state index is 0.158. The van der Waals surface area contributed by atoms with E-state index in [-0.39, 0.29) is 11.7 Å². The molecular weight excluding hydrogens is 274 g/mol. The summed E-state index contributed by atoms with van der Waals surface area (Å²) in [5.74, 6) is -0.520. The maximum absolute atomic E-state index is 11.6. The number of methoxy groups -OCH3 is 1. The number of amides is 1. The quantitative estimate of drug-likeness (QED) is 0.883. The topological polar surface area (TPSA) is 88.8 Å². The first-order valence-electron chi connectivity index (χ1n) is 6.36. The van der Waals surface area contributed by atoms with Gasteiger partial charge in [-0.05, 0) is 24.3 Å². The molecule has 0 aliphatic rings. The van der Waals surface area contributed by atoms with Gasteiger partial charge in [0.15, 0.2) is 0 Å². The highest BCUT2D eigenvalue weighted by molar-refractivity contribution is 5.95. The molecule has 0 saturated carbocycles. The number of rotatable bonds is 5. The van der Waals surface area contributed by atoms with Gasteiger partial charge >= 0.3 is 5.97 Å². The van der Waals surface area contributed by atoms with Crippen molar-refractivity contribution in [2.45, 2.75) is 13.3 Å². The lowest BCUT2D eigenvalue weighted by molar-refractivity contribution is -0.115. The van der Waals surface area contributed by atoms with Crippen LogP contribution in [0.2, 0.25) is 0 Å². The molecule has 6 nitrogen and oxygen atoms in total. The summed E-state index contributed by atoms with van der Waals surface area (Å²) in [4.78, 5) is 22.5. The number of nitrogens with one attached hydrogen (secondary N) is 1. The molecule has 0 aliphatic heterocycles. The van der Waals surface area contributed by atoms with Gasteiger partial charge in [-0.3, -0.25) is 4.79 Å². The normalized spacial score (nSPS) is 10.2. The van der Waals surface area contributed by atoms with Crippen LogP contribution in [0.15, 0.2) is 34.7 Å². The van der Waals surface area contributed by atoms with E-state index in [2.05, 4.69) is 5.32 Å². The van der Waals surface area contributed by atoms with Gasteiger partial charge < -0.3 is 19.6 Å². The minimum Gasteiger partial charge on any atom is -0.497 e. The molecular formula is C15H15NO5. The van der Waals surface area contributed by atoms with Gasteiger partial charge in [0.25, 0.3) is 0 Å². The third kappa shape index (κ3) is 3.22. The molecule has 0 atom stereocenters. The lowest BCUT2D eigenvalue weighted by Gasteiger charge is -2.10. The Balaban J connectivity index is 2.45. The second-order valence-corrected chi connectivity index (χ2v) is 4.28. The molecule has 2 N–H and O–H groups in total. The zero-order valence-corrected chi connectivity index (χ0v) is 11.7. The molecule has 1 aromatic carbocycles. The van der Waals surface area contributed by atoms with Gasteiger partial charge in [-0.15, -0.1) is 0 Å². The van der Waals surface area contributed by atoms with Crippen molar-refractivity contribution in [1.29, 1.82) is 0 Å². The number of benzene rings is 1. The maximum atomic E-state index is 11.6. The van der Waals surface area contributed by atoms with Crippen LogP contribution in [0, 0.1) is 0 Å². The predicted molar refractivity (Wildman–Crippen MR) is 76.6 cm³/mol. The van der Waals surface area contributed by atoms with Crippen LogP contribution >= 0.6 is 0 Å². The number of hydrogen-bond acceptors (Lipinski definition) is 4. The fraction of sp³-hybridized carbons (Fsp3) is 0.200. The number of hydrogen-bond donors (Lipinski definition) is 2. The third-order valence-electron chi connectivity index (χ3n) is 2.90. The fourth-order valence-electron chi connectivity index (χ4n) is 1.80. The summed E-state index contributed by atoms with van der Waals surface area (Å²) in [6, 6.07) is 7.99. The van der Waals surface area contributed by atoms with Crippen molar-refractivity contribution in [2.24, 2.45) is 0 Å². The van der Waals surface area contributed by atoms with Gasteiger partial charge in [-0.1, -0.05) is 6.92 Å². The number of furan rings is 1. The van der Waals surface area contributed by atoms with Crippen LogP contribution < -0.4 is 10.1 Å². The van der Waals surface area contributed by atoms with E-state index in [0.717, 1.165) is 0 Å². The number of aromatic carboxylic acids is 1. The van der Waals surface area contributed by atoms with E-state index in [1.807, 2.05) is 0 Å². The van der Waals surface area contributed by atoms with E-state index >= 15 is 0 Å². The fourth-order valence-corrected chi connectivity index (χ4v) is 1.80. The van der Waals surface area contributed by atoms with Crippen molar-refractivity contribution >= 4 is 17.6 Å². The Morgan fingerprint density at radius 2 is 2.05 bits per heavy atom. The maximum Gasteiger partial charge on any atom is 0.371 e. The Kier molecular flexibility index (Phi) is 4.27. The van der Waals surface area contributed by atoms with Gasteiger partial charge in [0.2, 0.25) is 11.7 Å². The molecule has 1 aromatic heterocycles. The molecule has 6 heteroatoms. The van der Waals surface area contributed by atoms with E-state index in [4.69, 9.17) is 14.3 Å². The Morgan fingerprint density at radius 3 is 2.62 bits per heavy atom.